The minimum Gasteiger partial charge on any atom is -0.322 e. The van der Waals surface area contributed by atoms with Gasteiger partial charge in [0.05, 0.1) is 11.6 Å². The van der Waals surface area contributed by atoms with Gasteiger partial charge in [-0.05, 0) is 42.3 Å². The van der Waals surface area contributed by atoms with E-state index < -0.39 is 0 Å². The predicted octanol–water partition coefficient (Wildman–Crippen LogP) is 3.60. The maximum Gasteiger partial charge on any atom is 0.321 e. The van der Waals surface area contributed by atoms with Crippen LogP contribution in [-0.2, 0) is 6.42 Å². The Morgan fingerprint density at radius 3 is 2.62 bits per heavy atom. The van der Waals surface area contributed by atoms with Gasteiger partial charge in [0.15, 0.2) is 0 Å². The fraction of sp³-hybridized carbons (Fsp3) is 0.300. The first-order valence-electron chi connectivity index (χ1n) is 8.67. The van der Waals surface area contributed by atoms with Crippen LogP contribution in [0.2, 0.25) is 5.02 Å². The van der Waals surface area contributed by atoms with E-state index in [0.717, 1.165) is 31.1 Å². The molecule has 2 aromatic carbocycles. The van der Waals surface area contributed by atoms with Crippen LogP contribution in [0, 0.1) is 11.3 Å². The molecule has 2 amide bonds. The molecule has 1 N–H and O–H groups in total. The molecule has 1 fully saturated rings. The van der Waals surface area contributed by atoms with Gasteiger partial charge in [0.2, 0.25) is 0 Å². The third kappa shape index (κ3) is 4.98. The van der Waals surface area contributed by atoms with Crippen molar-refractivity contribution in [3.63, 3.8) is 0 Å². The van der Waals surface area contributed by atoms with Crippen molar-refractivity contribution in [1.29, 1.82) is 5.26 Å². The summed E-state index contributed by atoms with van der Waals surface area (Å²) in [7, 11) is 0. The molecule has 2 aromatic rings. The summed E-state index contributed by atoms with van der Waals surface area (Å²) in [6, 6.07) is 16.9. The molecular weight excluding hydrogens is 348 g/mol. The van der Waals surface area contributed by atoms with Crippen LogP contribution in [0.3, 0.4) is 0 Å². The summed E-state index contributed by atoms with van der Waals surface area (Å²) in [4.78, 5) is 16.6. The first kappa shape index (κ1) is 18.2. The average Bonchev–Trinajstić information content (AvgIpc) is 2.67. The number of rotatable bonds is 4. The minimum absolute atomic E-state index is 0.116. The fourth-order valence-electron chi connectivity index (χ4n) is 3.02. The number of nitrogens with zero attached hydrogens (tertiary/aromatic N) is 3. The molecule has 26 heavy (non-hydrogen) atoms. The van der Waals surface area contributed by atoms with Crippen molar-refractivity contribution in [3.8, 4) is 6.07 Å². The van der Waals surface area contributed by atoms with Crippen LogP contribution >= 0.6 is 11.6 Å². The van der Waals surface area contributed by atoms with Gasteiger partial charge in [-0.1, -0.05) is 29.8 Å². The van der Waals surface area contributed by atoms with Gasteiger partial charge in [0.25, 0.3) is 0 Å². The van der Waals surface area contributed by atoms with E-state index in [0.29, 0.717) is 24.3 Å². The Morgan fingerprint density at radius 1 is 1.12 bits per heavy atom. The molecule has 1 aliphatic heterocycles. The molecule has 0 saturated carbocycles. The third-order valence-electron chi connectivity index (χ3n) is 4.51. The molecule has 3 rings (SSSR count). The summed E-state index contributed by atoms with van der Waals surface area (Å²) >= 11 is 6.02. The smallest absolute Gasteiger partial charge is 0.321 e. The number of carbonyl (C=O) groups is 1. The lowest BCUT2D eigenvalue weighted by Gasteiger charge is -2.34. The molecule has 1 saturated heterocycles. The second-order valence-corrected chi connectivity index (χ2v) is 6.77. The zero-order valence-corrected chi connectivity index (χ0v) is 15.2. The van der Waals surface area contributed by atoms with Gasteiger partial charge in [0.1, 0.15) is 0 Å². The van der Waals surface area contributed by atoms with Crippen molar-refractivity contribution in [3.05, 3.63) is 64.7 Å². The lowest BCUT2D eigenvalue weighted by atomic mass is 10.1. The molecule has 6 heteroatoms. The monoisotopic (exact) mass is 368 g/mol. The summed E-state index contributed by atoms with van der Waals surface area (Å²) in [5.74, 6) is 0. The second kappa shape index (κ2) is 8.70. The second-order valence-electron chi connectivity index (χ2n) is 6.33. The van der Waals surface area contributed by atoms with Crippen LogP contribution in [0.4, 0.5) is 10.5 Å². The molecule has 134 valence electrons. The van der Waals surface area contributed by atoms with E-state index in [2.05, 4.69) is 22.4 Å². The summed E-state index contributed by atoms with van der Waals surface area (Å²) in [5.41, 5.74) is 2.42. The maximum absolute atomic E-state index is 12.4. The largest absolute Gasteiger partial charge is 0.322 e. The van der Waals surface area contributed by atoms with E-state index in [1.807, 2.05) is 23.1 Å². The normalized spacial score (nSPS) is 14.7. The Hall–Kier alpha value is -2.55. The molecule has 0 bridgehead atoms. The van der Waals surface area contributed by atoms with Gasteiger partial charge in [0, 0.05) is 43.4 Å². The van der Waals surface area contributed by atoms with Crippen LogP contribution in [0.15, 0.2) is 48.5 Å². The Labute approximate surface area is 158 Å². The SMILES string of the molecule is N#Cc1cccc(NC(=O)N2CCN(CCc3cccc(Cl)c3)CC2)c1. The van der Waals surface area contributed by atoms with E-state index in [1.54, 1.807) is 24.3 Å². The van der Waals surface area contributed by atoms with E-state index in [9.17, 15) is 4.79 Å². The first-order valence-corrected chi connectivity index (χ1v) is 9.05. The lowest BCUT2D eigenvalue weighted by Crippen LogP contribution is -2.50. The van der Waals surface area contributed by atoms with Gasteiger partial charge in [-0.15, -0.1) is 0 Å². The molecule has 0 atom stereocenters. The van der Waals surface area contributed by atoms with Gasteiger partial charge in [-0.2, -0.15) is 5.26 Å². The number of halogens is 1. The van der Waals surface area contributed by atoms with Crippen molar-refractivity contribution in [2.45, 2.75) is 6.42 Å². The molecular formula is C20H21ClN4O. The van der Waals surface area contributed by atoms with E-state index in [-0.39, 0.29) is 6.03 Å². The number of benzene rings is 2. The number of hydrogen-bond acceptors (Lipinski definition) is 3. The number of carbonyl (C=O) groups excluding carboxylic acids is 1. The van der Waals surface area contributed by atoms with Gasteiger partial charge in [-0.25, -0.2) is 4.79 Å². The summed E-state index contributed by atoms with van der Waals surface area (Å²) < 4.78 is 0. The fourth-order valence-corrected chi connectivity index (χ4v) is 3.24. The van der Waals surface area contributed by atoms with Gasteiger partial charge < -0.3 is 10.2 Å². The highest BCUT2D eigenvalue weighted by Crippen LogP contribution is 2.14. The van der Waals surface area contributed by atoms with E-state index >= 15 is 0 Å². The Balaban J connectivity index is 1.45. The number of piperazine rings is 1. The third-order valence-corrected chi connectivity index (χ3v) is 4.74. The molecule has 0 spiro atoms. The number of nitriles is 1. The predicted molar refractivity (Wildman–Crippen MR) is 103 cm³/mol. The quantitative estimate of drug-likeness (QED) is 0.896. The maximum atomic E-state index is 12.4. The van der Waals surface area contributed by atoms with Crippen LogP contribution in [0.5, 0.6) is 0 Å². The molecule has 0 unspecified atom stereocenters. The molecule has 5 nitrogen and oxygen atoms in total. The molecule has 1 aliphatic rings. The Bertz CT molecular complexity index is 809. The standard InChI is InChI=1S/C20H21ClN4O/c21-18-5-1-3-16(13-18)7-8-24-9-11-25(12-10-24)20(26)23-19-6-2-4-17(14-19)15-22/h1-6,13-14H,7-12H2,(H,23,26). The minimum atomic E-state index is -0.116. The lowest BCUT2D eigenvalue weighted by molar-refractivity contribution is 0.148. The van der Waals surface area contributed by atoms with Crippen molar-refractivity contribution in [2.75, 3.05) is 38.0 Å². The number of anilines is 1. The Kier molecular flexibility index (Phi) is 6.11. The van der Waals surface area contributed by atoms with Crippen LogP contribution < -0.4 is 5.32 Å². The van der Waals surface area contributed by atoms with Crippen molar-refractivity contribution in [1.82, 2.24) is 9.80 Å². The zero-order valence-electron chi connectivity index (χ0n) is 14.5. The summed E-state index contributed by atoms with van der Waals surface area (Å²) in [5, 5.41) is 12.6. The topological polar surface area (TPSA) is 59.4 Å². The zero-order chi connectivity index (χ0) is 18.4. The summed E-state index contributed by atoms with van der Waals surface area (Å²) in [6.45, 7) is 4.05. The molecule has 0 aliphatic carbocycles. The number of nitrogens with one attached hydrogen (secondary N) is 1. The molecule has 1 heterocycles. The highest BCUT2D eigenvalue weighted by molar-refractivity contribution is 6.30. The number of amides is 2. The average molecular weight is 369 g/mol. The van der Waals surface area contributed by atoms with Crippen LogP contribution in [-0.4, -0.2) is 48.6 Å². The van der Waals surface area contributed by atoms with Crippen molar-refractivity contribution < 1.29 is 4.79 Å². The van der Waals surface area contributed by atoms with Crippen LogP contribution in [0.1, 0.15) is 11.1 Å². The highest BCUT2D eigenvalue weighted by atomic mass is 35.5. The Morgan fingerprint density at radius 2 is 1.88 bits per heavy atom. The van der Waals surface area contributed by atoms with Gasteiger partial charge >= 0.3 is 6.03 Å². The number of urea groups is 1. The van der Waals surface area contributed by atoms with Crippen molar-refractivity contribution >= 4 is 23.3 Å². The summed E-state index contributed by atoms with van der Waals surface area (Å²) in [6.07, 6.45) is 0.952. The molecule has 0 radical (unpaired) electrons. The highest BCUT2D eigenvalue weighted by Gasteiger charge is 2.21. The van der Waals surface area contributed by atoms with E-state index in [4.69, 9.17) is 16.9 Å². The first-order chi connectivity index (χ1) is 12.6. The van der Waals surface area contributed by atoms with Gasteiger partial charge in [-0.3, -0.25) is 4.90 Å². The molecule has 0 aromatic heterocycles. The number of hydrogen-bond donors (Lipinski definition) is 1. The van der Waals surface area contributed by atoms with E-state index in [1.165, 1.54) is 5.56 Å². The van der Waals surface area contributed by atoms with Crippen molar-refractivity contribution in [2.24, 2.45) is 0 Å². The van der Waals surface area contributed by atoms with Crippen LogP contribution in [0.25, 0.3) is 0 Å².